The van der Waals surface area contributed by atoms with Gasteiger partial charge in [-0.25, -0.2) is 0 Å². The molecule has 1 heterocycles. The van der Waals surface area contributed by atoms with Gasteiger partial charge in [0.15, 0.2) is 5.69 Å². The number of aryl methyl sites for hydroxylation is 1. The highest BCUT2D eigenvalue weighted by Crippen LogP contribution is 2.32. The van der Waals surface area contributed by atoms with Gasteiger partial charge in [0, 0.05) is 4.90 Å². The molecule has 0 aliphatic carbocycles. The molecule has 1 aromatic heterocycles. The van der Waals surface area contributed by atoms with Crippen molar-refractivity contribution in [3.63, 3.8) is 0 Å². The summed E-state index contributed by atoms with van der Waals surface area (Å²) in [5.41, 5.74) is 6.84. The van der Waals surface area contributed by atoms with Crippen LogP contribution in [-0.4, -0.2) is 21.9 Å². The van der Waals surface area contributed by atoms with Crippen molar-refractivity contribution in [2.75, 3.05) is 11.1 Å². The van der Waals surface area contributed by atoms with Crippen molar-refractivity contribution < 1.29 is 13.6 Å². The molecule has 0 spiro atoms. The van der Waals surface area contributed by atoms with Crippen LogP contribution in [0.1, 0.15) is 16.2 Å². The molecule has 1 amide bonds. The van der Waals surface area contributed by atoms with E-state index in [0.29, 0.717) is 23.1 Å². The lowest BCUT2D eigenvalue weighted by molar-refractivity contribution is 0.102. The zero-order valence-electron chi connectivity index (χ0n) is 10.5. The lowest BCUT2D eigenvalue weighted by atomic mass is 10.2. The fraction of sp³-hybridized carbons (Fsp3) is 0.167. The maximum atomic E-state index is 12.4. The Hall–Kier alpha value is -2.09. The predicted octanol–water partition coefficient (Wildman–Crippen LogP) is 2.87. The van der Waals surface area contributed by atoms with Gasteiger partial charge >= 0.3 is 0 Å². The van der Waals surface area contributed by atoms with E-state index in [9.17, 15) is 13.6 Å². The van der Waals surface area contributed by atoms with Crippen LogP contribution >= 0.6 is 11.8 Å². The summed E-state index contributed by atoms with van der Waals surface area (Å²) in [6.45, 7) is 1.68. The molecule has 0 fully saturated rings. The molecule has 2 rings (SSSR count). The number of carbonyl (C=O) groups is 1. The molecule has 2 aromatic rings. The smallest absolute Gasteiger partial charge is 0.288 e. The topological polar surface area (TPSA) is 83.8 Å². The van der Waals surface area contributed by atoms with Gasteiger partial charge in [-0.15, -0.1) is 0 Å². The molecule has 0 saturated heterocycles. The second-order valence-corrected chi connectivity index (χ2v) is 4.97. The van der Waals surface area contributed by atoms with Crippen molar-refractivity contribution in [2.24, 2.45) is 0 Å². The average Bonchev–Trinajstić information content (AvgIpc) is 2.72. The Bertz CT molecular complexity index is 630. The quantitative estimate of drug-likeness (QED) is 0.758. The van der Waals surface area contributed by atoms with Crippen LogP contribution < -0.4 is 11.1 Å². The van der Waals surface area contributed by atoms with Crippen LogP contribution in [0.3, 0.4) is 0 Å². The zero-order chi connectivity index (χ0) is 14.7. The molecule has 5 nitrogen and oxygen atoms in total. The van der Waals surface area contributed by atoms with Crippen LogP contribution in [0.4, 0.5) is 20.2 Å². The number of hydrogen-bond acceptors (Lipinski definition) is 4. The molecule has 20 heavy (non-hydrogen) atoms. The number of nitrogens with zero attached hydrogens (tertiary/aromatic N) is 1. The van der Waals surface area contributed by atoms with Crippen molar-refractivity contribution in [2.45, 2.75) is 17.6 Å². The van der Waals surface area contributed by atoms with Crippen LogP contribution in [-0.2, 0) is 0 Å². The number of hydrogen-bond donors (Lipinski definition) is 3. The third-order valence-electron chi connectivity index (χ3n) is 2.56. The highest BCUT2D eigenvalue weighted by Gasteiger charge is 2.17. The third kappa shape index (κ3) is 3.08. The van der Waals surface area contributed by atoms with Crippen LogP contribution in [0.5, 0.6) is 0 Å². The third-order valence-corrected chi connectivity index (χ3v) is 3.35. The maximum Gasteiger partial charge on any atom is 0.288 e. The summed E-state index contributed by atoms with van der Waals surface area (Å²) >= 11 is 0.364. The molecule has 0 radical (unpaired) electrons. The highest BCUT2D eigenvalue weighted by molar-refractivity contribution is 7.99. The van der Waals surface area contributed by atoms with Gasteiger partial charge in [-0.05, 0) is 19.1 Å². The number of alkyl halides is 2. The molecule has 0 atom stereocenters. The normalized spacial score (nSPS) is 10.8. The van der Waals surface area contributed by atoms with Gasteiger partial charge in [-0.2, -0.15) is 13.9 Å². The molecule has 1 aromatic carbocycles. The molecular formula is C12H12F2N4OS. The number of H-pyrrole nitrogens is 1. The van der Waals surface area contributed by atoms with E-state index in [4.69, 9.17) is 5.73 Å². The number of anilines is 2. The van der Waals surface area contributed by atoms with Gasteiger partial charge in [0.25, 0.3) is 11.7 Å². The minimum atomic E-state index is -2.56. The number of aromatic amines is 1. The summed E-state index contributed by atoms with van der Waals surface area (Å²) < 4.78 is 24.9. The first kappa shape index (κ1) is 14.3. The number of rotatable bonds is 4. The van der Waals surface area contributed by atoms with E-state index in [1.165, 1.54) is 12.1 Å². The number of nitrogen functional groups attached to an aromatic ring is 1. The number of nitrogens with two attached hydrogens (primary N) is 1. The van der Waals surface area contributed by atoms with E-state index in [-0.39, 0.29) is 16.3 Å². The van der Waals surface area contributed by atoms with Crippen LogP contribution in [0.25, 0.3) is 0 Å². The van der Waals surface area contributed by atoms with Gasteiger partial charge < -0.3 is 11.1 Å². The summed E-state index contributed by atoms with van der Waals surface area (Å²) in [7, 11) is 0. The zero-order valence-corrected chi connectivity index (χ0v) is 11.3. The van der Waals surface area contributed by atoms with E-state index in [2.05, 4.69) is 15.5 Å². The summed E-state index contributed by atoms with van der Waals surface area (Å²) in [5, 5.41) is 8.91. The van der Waals surface area contributed by atoms with Crippen molar-refractivity contribution >= 4 is 29.0 Å². The molecule has 0 aliphatic heterocycles. The number of aromatic nitrogens is 2. The van der Waals surface area contributed by atoms with E-state index < -0.39 is 11.7 Å². The largest absolute Gasteiger partial charge is 0.395 e. The standard InChI is InChI=1S/C12H12F2N4OS/c1-6-9(15)10(18-17-6)11(19)16-7-4-2-3-5-8(7)20-12(13)14/h2-5,12H,15H2,1H3,(H,16,19)(H,17,18). The molecule has 0 saturated carbocycles. The summed E-state index contributed by atoms with van der Waals surface area (Å²) in [6, 6.07) is 6.31. The Kier molecular flexibility index (Phi) is 4.23. The Morgan fingerprint density at radius 3 is 2.75 bits per heavy atom. The minimum Gasteiger partial charge on any atom is -0.395 e. The van der Waals surface area contributed by atoms with Crippen molar-refractivity contribution in [3.8, 4) is 0 Å². The Labute approximate surface area is 117 Å². The lowest BCUT2D eigenvalue weighted by Crippen LogP contribution is -2.15. The number of amides is 1. The average molecular weight is 298 g/mol. The minimum absolute atomic E-state index is 0.0411. The molecular weight excluding hydrogens is 286 g/mol. The van der Waals surface area contributed by atoms with Gasteiger partial charge in [-0.1, -0.05) is 23.9 Å². The van der Waals surface area contributed by atoms with Gasteiger partial charge in [0.1, 0.15) is 0 Å². The maximum absolute atomic E-state index is 12.4. The van der Waals surface area contributed by atoms with E-state index in [0.717, 1.165) is 0 Å². The Balaban J connectivity index is 2.22. The van der Waals surface area contributed by atoms with Crippen molar-refractivity contribution in [1.29, 1.82) is 0 Å². The SMILES string of the molecule is Cc1[nH]nc(C(=O)Nc2ccccc2SC(F)F)c1N. The summed E-state index contributed by atoms with van der Waals surface area (Å²) in [5.74, 6) is -3.11. The van der Waals surface area contributed by atoms with Gasteiger partial charge in [0.05, 0.1) is 17.1 Å². The first-order chi connectivity index (χ1) is 9.49. The number of benzene rings is 1. The highest BCUT2D eigenvalue weighted by atomic mass is 32.2. The first-order valence-corrected chi connectivity index (χ1v) is 6.52. The van der Waals surface area contributed by atoms with Crippen molar-refractivity contribution in [1.82, 2.24) is 10.2 Å². The molecule has 106 valence electrons. The monoisotopic (exact) mass is 298 g/mol. The van der Waals surface area contributed by atoms with Crippen LogP contribution in [0.15, 0.2) is 29.2 Å². The molecule has 0 bridgehead atoms. The van der Waals surface area contributed by atoms with Gasteiger partial charge in [-0.3, -0.25) is 9.89 Å². The Morgan fingerprint density at radius 2 is 2.15 bits per heavy atom. The molecule has 0 aliphatic rings. The van der Waals surface area contributed by atoms with Gasteiger partial charge in [0.2, 0.25) is 0 Å². The number of carbonyl (C=O) groups excluding carboxylic acids is 1. The first-order valence-electron chi connectivity index (χ1n) is 5.64. The fourth-order valence-electron chi connectivity index (χ4n) is 1.56. The lowest BCUT2D eigenvalue weighted by Gasteiger charge is -2.09. The number of nitrogens with one attached hydrogen (secondary N) is 2. The second kappa shape index (κ2) is 5.91. The van der Waals surface area contributed by atoms with Crippen LogP contribution in [0.2, 0.25) is 0 Å². The molecule has 4 N–H and O–H groups in total. The Morgan fingerprint density at radius 1 is 1.45 bits per heavy atom. The van der Waals surface area contributed by atoms with E-state index in [1.54, 1.807) is 19.1 Å². The molecule has 0 unspecified atom stereocenters. The van der Waals surface area contributed by atoms with Crippen molar-refractivity contribution in [3.05, 3.63) is 35.7 Å². The predicted molar refractivity (Wildman–Crippen MR) is 74.0 cm³/mol. The number of thioether (sulfide) groups is 1. The number of para-hydroxylation sites is 1. The fourth-order valence-corrected chi connectivity index (χ4v) is 2.16. The number of halogens is 2. The van der Waals surface area contributed by atoms with E-state index in [1.807, 2.05) is 0 Å². The van der Waals surface area contributed by atoms with Crippen LogP contribution in [0, 0.1) is 6.92 Å². The summed E-state index contributed by atoms with van der Waals surface area (Å²) in [4.78, 5) is 12.3. The summed E-state index contributed by atoms with van der Waals surface area (Å²) in [6.07, 6.45) is 0. The second-order valence-electron chi connectivity index (χ2n) is 3.94. The van der Waals surface area contributed by atoms with E-state index >= 15 is 0 Å². The molecule has 8 heteroatoms.